The number of amides is 1. The Bertz CT molecular complexity index is 1130. The molecule has 1 aliphatic heterocycles. The van der Waals surface area contributed by atoms with Gasteiger partial charge in [0.25, 0.3) is 5.91 Å². The van der Waals surface area contributed by atoms with E-state index in [0.717, 1.165) is 26.9 Å². The van der Waals surface area contributed by atoms with Crippen molar-refractivity contribution in [2.45, 2.75) is 17.5 Å². The molecular formula is C25H22BrNO3S. The van der Waals surface area contributed by atoms with Crippen molar-refractivity contribution >= 4 is 39.2 Å². The Labute approximate surface area is 194 Å². The highest BCUT2D eigenvalue weighted by Crippen LogP contribution is 2.44. The van der Waals surface area contributed by atoms with E-state index in [1.165, 1.54) is 4.90 Å². The molecule has 1 heterocycles. The van der Waals surface area contributed by atoms with Gasteiger partial charge in [-0.3, -0.25) is 4.79 Å². The number of thioether (sulfide) groups is 1. The molecule has 158 valence electrons. The fraction of sp³-hybridized carbons (Fsp3) is 0.160. The second-order valence-corrected chi connectivity index (χ2v) is 9.02. The number of ether oxygens (including phenoxy) is 1. The lowest BCUT2D eigenvalue weighted by Gasteiger charge is -2.28. The van der Waals surface area contributed by atoms with Crippen molar-refractivity contribution in [3.63, 3.8) is 0 Å². The molecule has 0 saturated heterocycles. The summed E-state index contributed by atoms with van der Waals surface area (Å²) in [4.78, 5) is 16.1. The van der Waals surface area contributed by atoms with Crippen LogP contribution in [0.3, 0.4) is 0 Å². The number of aliphatic hydroxyl groups is 1. The van der Waals surface area contributed by atoms with E-state index in [0.29, 0.717) is 12.1 Å². The molecule has 1 N–H and O–H groups in total. The minimum absolute atomic E-state index is 0.212. The van der Waals surface area contributed by atoms with Crippen LogP contribution in [0, 0.1) is 0 Å². The fourth-order valence-corrected chi connectivity index (χ4v) is 4.66. The first-order valence-corrected chi connectivity index (χ1v) is 11.8. The molecule has 0 aromatic heterocycles. The van der Waals surface area contributed by atoms with E-state index >= 15 is 0 Å². The number of hydrogen-bond donors (Lipinski definition) is 1. The summed E-state index contributed by atoms with van der Waals surface area (Å²) in [6, 6.07) is 23.0. The zero-order chi connectivity index (χ0) is 22.0. The standard InChI is InChI=1S/C25H22BrNO3S/c1-30-20-10-8-17(9-11-20)22-23(18-4-3-5-19(26)14-18)27(25(29)24(22)28)15-16-6-12-21(31-2)13-7-16/h3-14,23,28H,15H2,1-2H3/t23-/m0/s1. The molecule has 1 aliphatic rings. The highest BCUT2D eigenvalue weighted by atomic mass is 79.9. The van der Waals surface area contributed by atoms with Crippen LogP contribution in [-0.2, 0) is 11.3 Å². The molecule has 0 spiro atoms. The van der Waals surface area contributed by atoms with E-state index in [-0.39, 0.29) is 11.7 Å². The van der Waals surface area contributed by atoms with Gasteiger partial charge in [-0.05, 0) is 59.3 Å². The van der Waals surface area contributed by atoms with Crippen LogP contribution in [0.4, 0.5) is 0 Å². The Morgan fingerprint density at radius 3 is 2.39 bits per heavy atom. The molecule has 3 aromatic carbocycles. The van der Waals surface area contributed by atoms with Gasteiger partial charge in [-0.1, -0.05) is 52.3 Å². The van der Waals surface area contributed by atoms with E-state index in [1.807, 2.05) is 79.1 Å². The molecule has 0 fully saturated rings. The first-order chi connectivity index (χ1) is 15.0. The van der Waals surface area contributed by atoms with E-state index in [4.69, 9.17) is 4.74 Å². The quantitative estimate of drug-likeness (QED) is 0.411. The number of halogens is 1. The second kappa shape index (κ2) is 9.20. The van der Waals surface area contributed by atoms with Crippen LogP contribution < -0.4 is 4.74 Å². The van der Waals surface area contributed by atoms with Gasteiger partial charge in [0.1, 0.15) is 5.75 Å². The summed E-state index contributed by atoms with van der Waals surface area (Å²) in [5, 5.41) is 10.9. The molecule has 3 aromatic rings. The van der Waals surface area contributed by atoms with Gasteiger partial charge in [-0.25, -0.2) is 0 Å². The van der Waals surface area contributed by atoms with Crippen LogP contribution in [0.5, 0.6) is 5.75 Å². The van der Waals surface area contributed by atoms with Crippen molar-refractivity contribution in [1.29, 1.82) is 0 Å². The highest BCUT2D eigenvalue weighted by molar-refractivity contribution is 9.10. The third kappa shape index (κ3) is 4.36. The molecule has 0 saturated carbocycles. The summed E-state index contributed by atoms with van der Waals surface area (Å²) >= 11 is 5.21. The van der Waals surface area contributed by atoms with Crippen LogP contribution in [0.2, 0.25) is 0 Å². The lowest BCUT2D eigenvalue weighted by atomic mass is 9.93. The minimum atomic E-state index is -0.404. The lowest BCUT2D eigenvalue weighted by molar-refractivity contribution is -0.130. The Morgan fingerprint density at radius 2 is 1.77 bits per heavy atom. The van der Waals surface area contributed by atoms with Gasteiger partial charge in [-0.15, -0.1) is 11.8 Å². The van der Waals surface area contributed by atoms with Gasteiger partial charge < -0.3 is 14.7 Å². The number of hydrogen-bond acceptors (Lipinski definition) is 4. The van der Waals surface area contributed by atoms with Gasteiger partial charge in [0.15, 0.2) is 5.76 Å². The average molecular weight is 496 g/mol. The molecule has 4 rings (SSSR count). The van der Waals surface area contributed by atoms with E-state index in [1.54, 1.807) is 23.8 Å². The topological polar surface area (TPSA) is 49.8 Å². The number of carbonyl (C=O) groups excluding carboxylic acids is 1. The van der Waals surface area contributed by atoms with Crippen LogP contribution in [0.1, 0.15) is 22.7 Å². The van der Waals surface area contributed by atoms with Crippen LogP contribution in [0.25, 0.3) is 5.57 Å². The summed E-state index contributed by atoms with van der Waals surface area (Å²) in [6.07, 6.45) is 2.03. The maximum Gasteiger partial charge on any atom is 0.290 e. The smallest absolute Gasteiger partial charge is 0.290 e. The third-order valence-corrected chi connectivity index (χ3v) is 6.62. The van der Waals surface area contributed by atoms with E-state index < -0.39 is 6.04 Å². The van der Waals surface area contributed by atoms with Crippen LogP contribution in [0.15, 0.2) is 87.9 Å². The Hall–Kier alpha value is -2.70. The van der Waals surface area contributed by atoms with Gasteiger partial charge in [0, 0.05) is 21.5 Å². The number of nitrogens with zero attached hydrogens (tertiary/aromatic N) is 1. The van der Waals surface area contributed by atoms with Gasteiger partial charge in [-0.2, -0.15) is 0 Å². The molecule has 1 atom stereocenters. The van der Waals surface area contributed by atoms with Gasteiger partial charge >= 0.3 is 0 Å². The monoisotopic (exact) mass is 495 g/mol. The average Bonchev–Trinajstić information content (AvgIpc) is 3.04. The first-order valence-electron chi connectivity index (χ1n) is 9.78. The van der Waals surface area contributed by atoms with Gasteiger partial charge in [0.05, 0.1) is 13.2 Å². The van der Waals surface area contributed by atoms with Crippen molar-refractivity contribution in [2.75, 3.05) is 13.4 Å². The molecule has 4 nitrogen and oxygen atoms in total. The normalized spacial score (nSPS) is 16.2. The zero-order valence-electron chi connectivity index (χ0n) is 17.2. The second-order valence-electron chi connectivity index (χ2n) is 7.23. The minimum Gasteiger partial charge on any atom is -0.503 e. The number of carbonyl (C=O) groups is 1. The van der Waals surface area contributed by atoms with Crippen molar-refractivity contribution in [3.05, 3.63) is 99.7 Å². The van der Waals surface area contributed by atoms with Crippen molar-refractivity contribution in [1.82, 2.24) is 4.90 Å². The molecule has 0 unspecified atom stereocenters. The predicted molar refractivity (Wildman–Crippen MR) is 128 cm³/mol. The van der Waals surface area contributed by atoms with E-state index in [9.17, 15) is 9.90 Å². The Balaban J connectivity index is 1.77. The summed E-state index contributed by atoms with van der Waals surface area (Å²) in [6.45, 7) is 0.397. The molecule has 31 heavy (non-hydrogen) atoms. The first kappa shape index (κ1) is 21.5. The fourth-order valence-electron chi connectivity index (χ4n) is 3.83. The highest BCUT2D eigenvalue weighted by Gasteiger charge is 2.41. The van der Waals surface area contributed by atoms with Crippen LogP contribution in [-0.4, -0.2) is 29.3 Å². The summed E-state index contributed by atoms with van der Waals surface area (Å²) < 4.78 is 6.18. The molecule has 6 heteroatoms. The molecule has 1 amide bonds. The number of benzene rings is 3. The number of methoxy groups -OCH3 is 1. The third-order valence-electron chi connectivity index (χ3n) is 5.38. The Morgan fingerprint density at radius 1 is 1.06 bits per heavy atom. The molecule has 0 bridgehead atoms. The lowest BCUT2D eigenvalue weighted by Crippen LogP contribution is -2.29. The van der Waals surface area contributed by atoms with Crippen LogP contribution >= 0.6 is 27.7 Å². The predicted octanol–water partition coefficient (Wildman–Crippen LogP) is 6.23. The maximum atomic E-state index is 13.2. The summed E-state index contributed by atoms with van der Waals surface area (Å²) in [7, 11) is 1.61. The summed E-state index contributed by atoms with van der Waals surface area (Å²) in [5.74, 6) is 0.138. The summed E-state index contributed by atoms with van der Waals surface area (Å²) in [5.41, 5.74) is 3.33. The number of rotatable bonds is 6. The van der Waals surface area contributed by atoms with Crippen molar-refractivity contribution < 1.29 is 14.6 Å². The Kier molecular flexibility index (Phi) is 6.39. The van der Waals surface area contributed by atoms with Crippen molar-refractivity contribution in [2.24, 2.45) is 0 Å². The molecular weight excluding hydrogens is 474 g/mol. The largest absolute Gasteiger partial charge is 0.503 e. The molecule has 0 aliphatic carbocycles. The van der Waals surface area contributed by atoms with E-state index in [2.05, 4.69) is 15.9 Å². The zero-order valence-corrected chi connectivity index (χ0v) is 19.6. The SMILES string of the molecule is COc1ccc(C2=C(O)C(=O)N(Cc3ccc(SC)cc3)[C@H]2c2cccc(Br)c2)cc1. The number of aliphatic hydroxyl groups excluding tert-OH is 1. The molecule has 0 radical (unpaired) electrons. The van der Waals surface area contributed by atoms with Gasteiger partial charge in [0.2, 0.25) is 0 Å². The maximum absolute atomic E-state index is 13.2. The van der Waals surface area contributed by atoms with Crippen molar-refractivity contribution in [3.8, 4) is 5.75 Å².